The summed E-state index contributed by atoms with van der Waals surface area (Å²) in [6, 6.07) is 4.72. The molecular weight excluding hydrogens is 222 g/mol. The fraction of sp³-hybridized carbons (Fsp3) is 0.467. The van der Waals surface area contributed by atoms with Gasteiger partial charge >= 0.3 is 0 Å². The van der Waals surface area contributed by atoms with Crippen molar-refractivity contribution in [1.82, 2.24) is 10.3 Å². The maximum Gasteiger partial charge on any atom is 0.101 e. The number of nitriles is 1. The van der Waals surface area contributed by atoms with E-state index in [2.05, 4.69) is 22.4 Å². The largest absolute Gasteiger partial charge is 0.313 e. The Labute approximate surface area is 108 Å². The molecule has 0 aromatic carbocycles. The molecule has 2 aliphatic rings. The van der Waals surface area contributed by atoms with Crippen LogP contribution in [0.5, 0.6) is 0 Å². The molecule has 18 heavy (non-hydrogen) atoms. The smallest absolute Gasteiger partial charge is 0.101 e. The normalized spacial score (nSPS) is 26.9. The van der Waals surface area contributed by atoms with E-state index < -0.39 is 0 Å². The zero-order chi connectivity index (χ0) is 12.4. The van der Waals surface area contributed by atoms with Gasteiger partial charge in [0.1, 0.15) is 6.07 Å². The Balaban J connectivity index is 1.84. The van der Waals surface area contributed by atoms with Crippen LogP contribution >= 0.6 is 0 Å². The van der Waals surface area contributed by atoms with Crippen LogP contribution in [0.3, 0.4) is 0 Å². The molecule has 3 heteroatoms. The van der Waals surface area contributed by atoms with Gasteiger partial charge in [0.05, 0.1) is 5.56 Å². The van der Waals surface area contributed by atoms with Gasteiger partial charge in [0.15, 0.2) is 0 Å². The summed E-state index contributed by atoms with van der Waals surface area (Å²) in [5.74, 6) is 0.801. The van der Waals surface area contributed by atoms with Crippen molar-refractivity contribution in [3.8, 4) is 6.07 Å². The second kappa shape index (κ2) is 4.91. The average molecular weight is 239 g/mol. The van der Waals surface area contributed by atoms with Crippen LogP contribution in [0.4, 0.5) is 0 Å². The van der Waals surface area contributed by atoms with Crippen LogP contribution in [-0.4, -0.2) is 17.6 Å². The Hall–Kier alpha value is -1.66. The third-order valence-corrected chi connectivity index (χ3v) is 4.07. The van der Waals surface area contributed by atoms with Crippen molar-refractivity contribution in [3.63, 3.8) is 0 Å². The molecule has 1 N–H and O–H groups in total. The summed E-state index contributed by atoms with van der Waals surface area (Å²) in [7, 11) is 0. The highest BCUT2D eigenvalue weighted by Crippen LogP contribution is 2.34. The number of piperidine rings is 1. The van der Waals surface area contributed by atoms with Crippen molar-refractivity contribution in [3.05, 3.63) is 35.7 Å². The summed E-state index contributed by atoms with van der Waals surface area (Å²) in [5, 5.41) is 12.5. The van der Waals surface area contributed by atoms with Crippen molar-refractivity contribution in [1.29, 1.82) is 5.26 Å². The Morgan fingerprint density at radius 1 is 1.39 bits per heavy atom. The van der Waals surface area contributed by atoms with Gasteiger partial charge in [0.25, 0.3) is 0 Å². The summed E-state index contributed by atoms with van der Waals surface area (Å²) < 4.78 is 0. The van der Waals surface area contributed by atoms with Crippen LogP contribution in [0, 0.1) is 17.2 Å². The van der Waals surface area contributed by atoms with Gasteiger partial charge in [-0.3, -0.25) is 4.98 Å². The molecule has 2 atom stereocenters. The van der Waals surface area contributed by atoms with E-state index >= 15 is 0 Å². The van der Waals surface area contributed by atoms with Crippen LogP contribution in [0.1, 0.15) is 36.8 Å². The third-order valence-electron chi connectivity index (χ3n) is 4.07. The molecule has 0 saturated carbocycles. The molecule has 0 unspecified atom stereocenters. The molecule has 92 valence electrons. The number of fused-ring (bicyclic) bond motifs is 1. The number of aromatic nitrogens is 1. The molecule has 0 spiro atoms. The summed E-state index contributed by atoms with van der Waals surface area (Å²) in [4.78, 5) is 4.15. The number of nitrogens with zero attached hydrogens (tertiary/aromatic N) is 2. The minimum absolute atomic E-state index is 0.615. The van der Waals surface area contributed by atoms with Gasteiger partial charge < -0.3 is 5.32 Å². The highest BCUT2D eigenvalue weighted by Gasteiger charge is 2.28. The first-order valence-electron chi connectivity index (χ1n) is 6.65. The van der Waals surface area contributed by atoms with Crippen molar-refractivity contribution in [2.24, 2.45) is 5.92 Å². The van der Waals surface area contributed by atoms with Gasteiger partial charge in [-0.05, 0) is 55.3 Å². The topological polar surface area (TPSA) is 48.7 Å². The summed E-state index contributed by atoms with van der Waals surface area (Å²) in [6.45, 7) is 1.14. The number of rotatable bonds is 1. The highest BCUT2D eigenvalue weighted by molar-refractivity contribution is 5.67. The monoisotopic (exact) mass is 239 g/mol. The minimum atomic E-state index is 0.615. The lowest BCUT2D eigenvalue weighted by atomic mass is 9.78. The molecule has 1 aliphatic heterocycles. The van der Waals surface area contributed by atoms with Gasteiger partial charge in [0.2, 0.25) is 0 Å². The molecule has 1 saturated heterocycles. The molecule has 3 nitrogen and oxygen atoms in total. The van der Waals surface area contributed by atoms with Crippen molar-refractivity contribution in [2.45, 2.75) is 31.7 Å². The SMILES string of the molecule is N#Cc1cncc(C2=CC[C@@H]3CCCN[C@@H]3C2)c1. The van der Waals surface area contributed by atoms with E-state index in [0.717, 1.165) is 30.9 Å². The second-order valence-corrected chi connectivity index (χ2v) is 5.21. The maximum absolute atomic E-state index is 8.93. The standard InChI is InChI=1S/C15H17N3/c16-8-11-6-14(10-17-9-11)13-4-3-12-2-1-5-18-15(12)7-13/h4,6,9-10,12,15,18H,1-3,5,7H2/t12-,15+/m0/s1. The lowest BCUT2D eigenvalue weighted by molar-refractivity contribution is 0.278. The van der Waals surface area contributed by atoms with Gasteiger partial charge in [0, 0.05) is 18.4 Å². The fourth-order valence-corrected chi connectivity index (χ4v) is 3.07. The number of hydrogen-bond donors (Lipinski definition) is 1. The highest BCUT2D eigenvalue weighted by atomic mass is 14.9. The van der Waals surface area contributed by atoms with E-state index in [1.54, 1.807) is 6.20 Å². The van der Waals surface area contributed by atoms with E-state index in [0.29, 0.717) is 11.6 Å². The molecule has 1 aromatic rings. The van der Waals surface area contributed by atoms with E-state index in [4.69, 9.17) is 5.26 Å². The molecular formula is C15H17N3. The molecule has 0 bridgehead atoms. The number of allylic oxidation sites excluding steroid dienone is 1. The van der Waals surface area contributed by atoms with Crippen molar-refractivity contribution >= 4 is 5.57 Å². The molecule has 0 radical (unpaired) electrons. The van der Waals surface area contributed by atoms with Gasteiger partial charge in [-0.1, -0.05) is 6.08 Å². The van der Waals surface area contributed by atoms with Crippen LogP contribution < -0.4 is 5.32 Å². The number of hydrogen-bond acceptors (Lipinski definition) is 3. The number of pyridine rings is 1. The van der Waals surface area contributed by atoms with E-state index in [1.807, 2.05) is 12.3 Å². The van der Waals surface area contributed by atoms with Gasteiger partial charge in [-0.15, -0.1) is 0 Å². The molecule has 3 rings (SSSR count). The van der Waals surface area contributed by atoms with Crippen LogP contribution in [-0.2, 0) is 0 Å². The van der Waals surface area contributed by atoms with Crippen LogP contribution in [0.25, 0.3) is 5.57 Å². The number of nitrogens with one attached hydrogen (secondary N) is 1. The Kier molecular flexibility index (Phi) is 3.12. The van der Waals surface area contributed by atoms with E-state index in [9.17, 15) is 0 Å². The Bertz CT molecular complexity index is 513. The summed E-state index contributed by atoms with van der Waals surface area (Å²) in [5.41, 5.74) is 3.10. The maximum atomic E-state index is 8.93. The van der Waals surface area contributed by atoms with Gasteiger partial charge in [-0.25, -0.2) is 0 Å². The first-order valence-corrected chi connectivity index (χ1v) is 6.65. The predicted molar refractivity (Wildman–Crippen MR) is 70.7 cm³/mol. The average Bonchev–Trinajstić information content (AvgIpc) is 2.47. The second-order valence-electron chi connectivity index (χ2n) is 5.21. The van der Waals surface area contributed by atoms with E-state index in [1.165, 1.54) is 18.4 Å². The molecule has 0 amide bonds. The lowest BCUT2D eigenvalue weighted by Gasteiger charge is -2.36. The Morgan fingerprint density at radius 2 is 2.33 bits per heavy atom. The van der Waals surface area contributed by atoms with Crippen LogP contribution in [0.15, 0.2) is 24.5 Å². The van der Waals surface area contributed by atoms with Crippen molar-refractivity contribution in [2.75, 3.05) is 6.54 Å². The summed E-state index contributed by atoms with van der Waals surface area (Å²) >= 11 is 0. The molecule has 1 aromatic heterocycles. The Morgan fingerprint density at radius 3 is 3.22 bits per heavy atom. The molecule has 2 heterocycles. The predicted octanol–water partition coefficient (Wildman–Crippen LogP) is 2.50. The zero-order valence-electron chi connectivity index (χ0n) is 10.4. The third kappa shape index (κ3) is 2.16. The minimum Gasteiger partial charge on any atom is -0.313 e. The first-order chi connectivity index (χ1) is 8.86. The zero-order valence-corrected chi connectivity index (χ0v) is 10.4. The van der Waals surface area contributed by atoms with Crippen molar-refractivity contribution < 1.29 is 0 Å². The quantitative estimate of drug-likeness (QED) is 0.819. The lowest BCUT2D eigenvalue weighted by Crippen LogP contribution is -2.42. The van der Waals surface area contributed by atoms with E-state index in [-0.39, 0.29) is 0 Å². The first kappa shape index (κ1) is 11.4. The molecule has 1 fully saturated rings. The summed E-state index contributed by atoms with van der Waals surface area (Å²) in [6.07, 6.45) is 10.7. The molecule has 1 aliphatic carbocycles. The van der Waals surface area contributed by atoms with Crippen LogP contribution in [0.2, 0.25) is 0 Å². The fourth-order valence-electron chi connectivity index (χ4n) is 3.07. The van der Waals surface area contributed by atoms with Gasteiger partial charge in [-0.2, -0.15) is 5.26 Å².